The molecule has 1 aliphatic heterocycles. The molecule has 6 rings (SSSR count). The number of nitrogens with zero attached hydrogens (tertiary/aromatic N) is 2. The second kappa shape index (κ2) is 7.10. The number of hydrogen-bond donors (Lipinski definition) is 1. The van der Waals surface area contributed by atoms with Gasteiger partial charge in [0.25, 0.3) is 0 Å². The molecule has 1 aromatic heterocycles. The Bertz CT molecular complexity index is 1500. The topological polar surface area (TPSA) is 60.1 Å². The van der Waals surface area contributed by atoms with Crippen LogP contribution in [0, 0.1) is 10.1 Å². The van der Waals surface area contributed by atoms with E-state index in [1.807, 2.05) is 91.0 Å². The van der Waals surface area contributed by atoms with Crippen molar-refractivity contribution in [3.63, 3.8) is 0 Å². The van der Waals surface area contributed by atoms with Crippen molar-refractivity contribution >= 4 is 28.0 Å². The van der Waals surface area contributed by atoms with Gasteiger partial charge < -0.3 is 9.88 Å². The fraction of sp³-hybridized carbons (Fsp3) is 0.0370. The summed E-state index contributed by atoms with van der Waals surface area (Å²) in [6.07, 6.45) is 0. The van der Waals surface area contributed by atoms with E-state index in [2.05, 4.69) is 16.0 Å². The second-order valence-corrected chi connectivity index (χ2v) is 7.94. The number of aromatic nitrogens is 1. The summed E-state index contributed by atoms with van der Waals surface area (Å²) in [6.45, 7) is 0.560. The first-order chi connectivity index (χ1) is 15.7. The lowest BCUT2D eigenvalue weighted by Crippen LogP contribution is -2.13. The molecular weight excluding hydrogens is 398 g/mol. The third-order valence-electron chi connectivity index (χ3n) is 6.13. The quantitative estimate of drug-likeness (QED) is 0.249. The zero-order valence-electron chi connectivity index (χ0n) is 17.2. The Balaban J connectivity index is 1.74. The number of anilines is 2. The van der Waals surface area contributed by atoms with Crippen molar-refractivity contribution in [1.82, 2.24) is 4.57 Å². The molecule has 0 atom stereocenters. The van der Waals surface area contributed by atoms with E-state index >= 15 is 0 Å². The summed E-state index contributed by atoms with van der Waals surface area (Å²) in [6, 6.07) is 31.7. The van der Waals surface area contributed by atoms with Gasteiger partial charge >= 0.3 is 5.69 Å². The number of nitrogens with one attached hydrogen (secondary N) is 1. The highest BCUT2D eigenvalue weighted by Crippen LogP contribution is 2.50. The van der Waals surface area contributed by atoms with Crippen LogP contribution in [0.15, 0.2) is 97.1 Å². The average Bonchev–Trinajstić information content (AvgIpc) is 3.17. The Hall–Kier alpha value is -4.38. The van der Waals surface area contributed by atoms with Crippen molar-refractivity contribution in [2.45, 2.75) is 6.54 Å². The molecule has 5 heteroatoms. The molecule has 1 aliphatic rings. The van der Waals surface area contributed by atoms with Gasteiger partial charge in [0.15, 0.2) is 0 Å². The molecule has 0 saturated heterocycles. The van der Waals surface area contributed by atoms with Gasteiger partial charge in [0.2, 0.25) is 0 Å². The summed E-state index contributed by atoms with van der Waals surface area (Å²) in [5, 5.41) is 18.1. The van der Waals surface area contributed by atoms with Crippen LogP contribution in [0.4, 0.5) is 17.2 Å². The number of para-hydroxylation sites is 1. The van der Waals surface area contributed by atoms with Crippen LogP contribution in [0.2, 0.25) is 0 Å². The van der Waals surface area contributed by atoms with Gasteiger partial charge in [-0.05, 0) is 28.0 Å². The van der Waals surface area contributed by atoms with Gasteiger partial charge in [0, 0.05) is 11.3 Å². The molecule has 1 N–H and O–H groups in total. The minimum Gasteiger partial charge on any atom is -0.341 e. The van der Waals surface area contributed by atoms with Crippen LogP contribution in [0.5, 0.6) is 0 Å². The highest BCUT2D eigenvalue weighted by Gasteiger charge is 2.35. The van der Waals surface area contributed by atoms with Gasteiger partial charge in [-0.2, -0.15) is 0 Å². The van der Waals surface area contributed by atoms with E-state index in [0.717, 1.165) is 39.0 Å². The van der Waals surface area contributed by atoms with E-state index in [1.54, 1.807) is 0 Å². The van der Waals surface area contributed by atoms with E-state index in [4.69, 9.17) is 0 Å². The standard InChI is InChI=1S/C27H19N3O2/c31-30(32)26-24(19-10-2-1-3-11-19)27-28-23-16-7-5-12-20(23)17-29(27)25(26)22-15-8-13-18-9-4-6-14-21(18)22/h1-16,28H,17H2. The van der Waals surface area contributed by atoms with Crippen LogP contribution in [-0.2, 0) is 6.54 Å². The van der Waals surface area contributed by atoms with Gasteiger partial charge in [0.05, 0.1) is 11.5 Å². The summed E-state index contributed by atoms with van der Waals surface area (Å²) in [4.78, 5) is 12.3. The maximum atomic E-state index is 12.6. The first-order valence-electron chi connectivity index (χ1n) is 10.5. The third-order valence-corrected chi connectivity index (χ3v) is 6.13. The fourth-order valence-corrected chi connectivity index (χ4v) is 4.73. The maximum absolute atomic E-state index is 12.6. The number of benzene rings is 4. The number of hydrogen-bond acceptors (Lipinski definition) is 3. The molecular formula is C27H19N3O2. The predicted molar refractivity (Wildman–Crippen MR) is 128 cm³/mol. The lowest BCUT2D eigenvalue weighted by Gasteiger charge is -2.23. The van der Waals surface area contributed by atoms with Crippen molar-refractivity contribution in [2.24, 2.45) is 0 Å². The maximum Gasteiger partial charge on any atom is 0.305 e. The lowest BCUT2D eigenvalue weighted by molar-refractivity contribution is -0.383. The van der Waals surface area contributed by atoms with E-state index in [0.29, 0.717) is 17.8 Å². The fourth-order valence-electron chi connectivity index (χ4n) is 4.73. The van der Waals surface area contributed by atoms with Crippen molar-refractivity contribution < 1.29 is 4.92 Å². The minimum atomic E-state index is -0.239. The van der Waals surface area contributed by atoms with Crippen molar-refractivity contribution in [1.29, 1.82) is 0 Å². The van der Waals surface area contributed by atoms with Gasteiger partial charge in [-0.1, -0.05) is 91.0 Å². The van der Waals surface area contributed by atoms with Crippen LogP contribution < -0.4 is 5.32 Å². The zero-order chi connectivity index (χ0) is 21.7. The summed E-state index contributed by atoms with van der Waals surface area (Å²) in [7, 11) is 0. The van der Waals surface area contributed by atoms with Gasteiger partial charge in [-0.3, -0.25) is 10.1 Å². The Morgan fingerprint density at radius 2 is 1.53 bits per heavy atom. The normalized spacial score (nSPS) is 12.1. The minimum absolute atomic E-state index is 0.128. The van der Waals surface area contributed by atoms with Gasteiger partial charge in [-0.25, -0.2) is 0 Å². The second-order valence-electron chi connectivity index (χ2n) is 7.94. The molecule has 2 heterocycles. The van der Waals surface area contributed by atoms with Crippen LogP contribution in [0.3, 0.4) is 0 Å². The highest BCUT2D eigenvalue weighted by molar-refractivity contribution is 6.03. The molecule has 0 bridgehead atoms. The Labute approximate surface area is 184 Å². The molecule has 154 valence electrons. The zero-order valence-corrected chi connectivity index (χ0v) is 17.2. The molecule has 0 unspecified atom stereocenters. The van der Waals surface area contributed by atoms with Crippen LogP contribution >= 0.6 is 0 Å². The molecule has 32 heavy (non-hydrogen) atoms. The summed E-state index contributed by atoms with van der Waals surface area (Å²) >= 11 is 0. The van der Waals surface area contributed by atoms with Crippen LogP contribution in [0.25, 0.3) is 33.2 Å². The largest absolute Gasteiger partial charge is 0.341 e. The van der Waals surface area contributed by atoms with Crippen LogP contribution in [-0.4, -0.2) is 9.49 Å². The first kappa shape index (κ1) is 18.4. The molecule has 4 aromatic carbocycles. The first-order valence-corrected chi connectivity index (χ1v) is 10.5. The summed E-state index contributed by atoms with van der Waals surface area (Å²) in [5.41, 5.74) is 5.14. The summed E-state index contributed by atoms with van der Waals surface area (Å²) < 4.78 is 2.06. The summed E-state index contributed by atoms with van der Waals surface area (Å²) in [5.74, 6) is 0.754. The van der Waals surface area contributed by atoms with Crippen LogP contribution in [0.1, 0.15) is 5.56 Å². The lowest BCUT2D eigenvalue weighted by atomic mass is 9.99. The third kappa shape index (κ3) is 2.72. The average molecular weight is 417 g/mol. The smallest absolute Gasteiger partial charge is 0.305 e. The number of nitro groups is 1. The molecule has 0 aliphatic carbocycles. The SMILES string of the molecule is O=[N+]([O-])c1c(-c2ccccc2)c2n(c1-c1cccc3ccccc13)Cc1ccccc1N2. The highest BCUT2D eigenvalue weighted by atomic mass is 16.6. The van der Waals surface area contributed by atoms with Crippen molar-refractivity contribution in [3.05, 3.63) is 113 Å². The van der Waals surface area contributed by atoms with E-state index < -0.39 is 0 Å². The molecule has 0 radical (unpaired) electrons. The van der Waals surface area contributed by atoms with Crippen molar-refractivity contribution in [3.8, 4) is 22.4 Å². The Morgan fingerprint density at radius 3 is 2.38 bits per heavy atom. The molecule has 0 spiro atoms. The van der Waals surface area contributed by atoms with E-state index in [1.165, 1.54) is 0 Å². The monoisotopic (exact) mass is 417 g/mol. The Morgan fingerprint density at radius 1 is 0.812 bits per heavy atom. The van der Waals surface area contributed by atoms with Gasteiger partial charge in [-0.15, -0.1) is 0 Å². The van der Waals surface area contributed by atoms with E-state index in [-0.39, 0.29) is 10.6 Å². The number of fused-ring (bicyclic) bond motifs is 3. The Kier molecular flexibility index (Phi) is 4.08. The van der Waals surface area contributed by atoms with Crippen molar-refractivity contribution in [2.75, 3.05) is 5.32 Å². The molecule has 5 aromatic rings. The molecule has 0 fully saturated rings. The van der Waals surface area contributed by atoms with E-state index in [9.17, 15) is 10.1 Å². The molecule has 0 saturated carbocycles. The molecule has 5 nitrogen and oxygen atoms in total. The van der Waals surface area contributed by atoms with Gasteiger partial charge in [0.1, 0.15) is 17.1 Å². The predicted octanol–water partition coefficient (Wildman–Crippen LogP) is 6.99. The molecule has 0 amide bonds. The number of rotatable bonds is 3.